The molecule has 0 aliphatic rings. The van der Waals surface area contributed by atoms with Crippen LogP contribution in [0.1, 0.15) is 5.76 Å². The SMILES string of the molecule is Fc1ccc(N=c2scc(-c3ccco3)n2Cc2ccco2)c(F)c1. The van der Waals surface area contributed by atoms with Crippen LogP contribution in [0.25, 0.3) is 11.5 Å². The molecule has 0 atom stereocenters. The summed E-state index contributed by atoms with van der Waals surface area (Å²) in [6, 6.07) is 10.6. The Hall–Kier alpha value is -2.93. The third-order valence-corrected chi connectivity index (χ3v) is 4.45. The lowest BCUT2D eigenvalue weighted by Gasteiger charge is -2.05. The number of halogens is 2. The minimum Gasteiger partial charge on any atom is -0.467 e. The van der Waals surface area contributed by atoms with Gasteiger partial charge in [0, 0.05) is 11.4 Å². The Kier molecular flexibility index (Phi) is 4.07. The molecule has 0 N–H and O–H groups in total. The zero-order chi connectivity index (χ0) is 17.2. The van der Waals surface area contributed by atoms with Gasteiger partial charge in [0.2, 0.25) is 0 Å². The second kappa shape index (κ2) is 6.52. The molecule has 126 valence electrons. The highest BCUT2D eigenvalue weighted by Crippen LogP contribution is 2.23. The van der Waals surface area contributed by atoms with Crippen molar-refractivity contribution < 1.29 is 17.6 Å². The van der Waals surface area contributed by atoms with Crippen molar-refractivity contribution in [1.29, 1.82) is 0 Å². The molecule has 0 amide bonds. The molecule has 0 saturated carbocycles. The fourth-order valence-electron chi connectivity index (χ4n) is 2.43. The van der Waals surface area contributed by atoms with Crippen LogP contribution < -0.4 is 4.80 Å². The molecule has 4 aromatic rings. The quantitative estimate of drug-likeness (QED) is 0.517. The predicted octanol–water partition coefficient (Wildman–Crippen LogP) is 4.96. The molecular formula is C18H12F2N2O2S. The Bertz CT molecular complexity index is 1050. The molecule has 25 heavy (non-hydrogen) atoms. The third kappa shape index (κ3) is 3.18. The molecule has 0 saturated heterocycles. The van der Waals surface area contributed by atoms with Gasteiger partial charge in [0.1, 0.15) is 17.3 Å². The summed E-state index contributed by atoms with van der Waals surface area (Å²) in [5.41, 5.74) is 0.870. The van der Waals surface area contributed by atoms with E-state index in [1.165, 1.54) is 23.5 Å². The average Bonchev–Trinajstić information content (AvgIpc) is 3.33. The van der Waals surface area contributed by atoms with E-state index in [0.717, 1.165) is 17.5 Å². The molecular weight excluding hydrogens is 346 g/mol. The van der Waals surface area contributed by atoms with Crippen LogP contribution in [0, 0.1) is 11.6 Å². The van der Waals surface area contributed by atoms with Gasteiger partial charge in [-0.25, -0.2) is 13.8 Å². The van der Waals surface area contributed by atoms with E-state index in [9.17, 15) is 8.78 Å². The molecule has 4 nitrogen and oxygen atoms in total. The molecule has 0 spiro atoms. The fourth-order valence-corrected chi connectivity index (χ4v) is 3.33. The summed E-state index contributed by atoms with van der Waals surface area (Å²) in [6.45, 7) is 0.411. The lowest BCUT2D eigenvalue weighted by atomic mass is 10.3. The minimum absolute atomic E-state index is 0.0717. The van der Waals surface area contributed by atoms with Crippen molar-refractivity contribution in [3.05, 3.63) is 82.6 Å². The zero-order valence-corrected chi connectivity index (χ0v) is 13.7. The highest BCUT2D eigenvalue weighted by Gasteiger charge is 2.13. The van der Waals surface area contributed by atoms with Gasteiger partial charge >= 0.3 is 0 Å². The van der Waals surface area contributed by atoms with Crippen LogP contribution in [0.5, 0.6) is 0 Å². The van der Waals surface area contributed by atoms with Crippen molar-refractivity contribution in [1.82, 2.24) is 4.57 Å². The fraction of sp³-hybridized carbons (Fsp3) is 0.0556. The average molecular weight is 358 g/mol. The van der Waals surface area contributed by atoms with Gasteiger partial charge in [0.05, 0.1) is 24.8 Å². The Labute approximate surface area is 145 Å². The monoisotopic (exact) mass is 358 g/mol. The number of rotatable bonds is 4. The Morgan fingerprint density at radius 1 is 1.04 bits per heavy atom. The summed E-state index contributed by atoms with van der Waals surface area (Å²) < 4.78 is 39.8. The summed E-state index contributed by atoms with van der Waals surface area (Å²) in [5.74, 6) is 0.0518. The van der Waals surface area contributed by atoms with Gasteiger partial charge in [0.15, 0.2) is 16.4 Å². The maximum Gasteiger partial charge on any atom is 0.191 e. The van der Waals surface area contributed by atoms with E-state index in [1.54, 1.807) is 24.7 Å². The normalized spacial score (nSPS) is 12.0. The number of nitrogens with zero attached hydrogens (tertiary/aromatic N) is 2. The van der Waals surface area contributed by atoms with Gasteiger partial charge < -0.3 is 13.4 Å². The van der Waals surface area contributed by atoms with E-state index < -0.39 is 11.6 Å². The summed E-state index contributed by atoms with van der Waals surface area (Å²) in [7, 11) is 0. The molecule has 0 radical (unpaired) electrons. The van der Waals surface area contributed by atoms with Crippen LogP contribution in [0.3, 0.4) is 0 Å². The topological polar surface area (TPSA) is 43.6 Å². The van der Waals surface area contributed by atoms with E-state index >= 15 is 0 Å². The summed E-state index contributed by atoms with van der Waals surface area (Å²) in [5, 5.41) is 1.88. The first kappa shape index (κ1) is 15.6. The van der Waals surface area contributed by atoms with Crippen LogP contribution in [0.2, 0.25) is 0 Å². The Balaban J connectivity index is 1.86. The van der Waals surface area contributed by atoms with Crippen molar-refractivity contribution in [3.63, 3.8) is 0 Å². The summed E-state index contributed by atoms with van der Waals surface area (Å²) in [6.07, 6.45) is 3.17. The van der Waals surface area contributed by atoms with Gasteiger partial charge in [-0.2, -0.15) is 0 Å². The molecule has 4 rings (SSSR count). The van der Waals surface area contributed by atoms with Crippen molar-refractivity contribution in [3.8, 4) is 11.5 Å². The van der Waals surface area contributed by atoms with Crippen LogP contribution >= 0.6 is 11.3 Å². The number of furan rings is 2. The standard InChI is InChI=1S/C18H12F2N2O2S/c19-12-5-6-15(14(20)9-12)21-18-22(10-13-3-1-7-23-13)16(11-25-18)17-4-2-8-24-17/h1-9,11H,10H2. The minimum atomic E-state index is -0.711. The summed E-state index contributed by atoms with van der Waals surface area (Å²) >= 11 is 1.34. The van der Waals surface area contributed by atoms with E-state index in [4.69, 9.17) is 8.83 Å². The first-order valence-electron chi connectivity index (χ1n) is 7.45. The highest BCUT2D eigenvalue weighted by molar-refractivity contribution is 7.07. The van der Waals surface area contributed by atoms with Crippen LogP contribution in [0.15, 0.2) is 74.2 Å². The predicted molar refractivity (Wildman–Crippen MR) is 89.4 cm³/mol. The maximum absolute atomic E-state index is 13.9. The Morgan fingerprint density at radius 3 is 2.60 bits per heavy atom. The first-order chi connectivity index (χ1) is 12.2. The van der Waals surface area contributed by atoms with Crippen molar-refractivity contribution in [2.75, 3.05) is 0 Å². The van der Waals surface area contributed by atoms with Gasteiger partial charge in [-0.1, -0.05) is 0 Å². The zero-order valence-electron chi connectivity index (χ0n) is 12.9. The maximum atomic E-state index is 13.9. The molecule has 1 aromatic carbocycles. The smallest absolute Gasteiger partial charge is 0.191 e. The van der Waals surface area contributed by atoms with E-state index in [2.05, 4.69) is 4.99 Å². The second-order valence-corrected chi connectivity index (χ2v) is 6.09. The van der Waals surface area contributed by atoms with Crippen molar-refractivity contribution in [2.24, 2.45) is 4.99 Å². The number of thiazole rings is 1. The van der Waals surface area contributed by atoms with Gasteiger partial charge in [-0.15, -0.1) is 11.3 Å². The second-order valence-electron chi connectivity index (χ2n) is 5.25. The molecule has 3 aromatic heterocycles. The largest absolute Gasteiger partial charge is 0.467 e. The number of aromatic nitrogens is 1. The third-order valence-electron chi connectivity index (χ3n) is 3.59. The van der Waals surface area contributed by atoms with Gasteiger partial charge in [-0.05, 0) is 36.4 Å². The van der Waals surface area contributed by atoms with E-state index in [1.807, 2.05) is 22.1 Å². The number of hydrogen-bond acceptors (Lipinski definition) is 4. The van der Waals surface area contributed by atoms with Gasteiger partial charge in [-0.3, -0.25) is 0 Å². The first-order valence-corrected chi connectivity index (χ1v) is 8.33. The van der Waals surface area contributed by atoms with E-state index in [-0.39, 0.29) is 5.69 Å². The number of benzene rings is 1. The van der Waals surface area contributed by atoms with E-state index in [0.29, 0.717) is 17.1 Å². The van der Waals surface area contributed by atoms with Crippen LogP contribution in [0.4, 0.5) is 14.5 Å². The number of hydrogen-bond donors (Lipinski definition) is 0. The summed E-state index contributed by atoms with van der Waals surface area (Å²) in [4.78, 5) is 4.90. The molecule has 3 heterocycles. The Morgan fingerprint density at radius 2 is 1.88 bits per heavy atom. The molecule has 0 unspecified atom stereocenters. The van der Waals surface area contributed by atoms with Crippen molar-refractivity contribution >= 4 is 17.0 Å². The molecule has 0 aliphatic carbocycles. The lowest BCUT2D eigenvalue weighted by Crippen LogP contribution is -2.16. The highest BCUT2D eigenvalue weighted by atomic mass is 32.1. The van der Waals surface area contributed by atoms with Crippen LogP contribution in [-0.2, 0) is 6.54 Å². The molecule has 0 bridgehead atoms. The molecule has 0 aliphatic heterocycles. The molecule has 0 fully saturated rings. The van der Waals surface area contributed by atoms with Crippen molar-refractivity contribution in [2.45, 2.75) is 6.54 Å². The van der Waals surface area contributed by atoms with Gasteiger partial charge in [0.25, 0.3) is 0 Å². The molecule has 7 heteroatoms. The van der Waals surface area contributed by atoms with Crippen LogP contribution in [-0.4, -0.2) is 4.57 Å². The lowest BCUT2D eigenvalue weighted by molar-refractivity contribution is 0.489.